The number of benzene rings is 1. The van der Waals surface area contributed by atoms with Gasteiger partial charge in [-0.3, -0.25) is 4.79 Å². The van der Waals surface area contributed by atoms with Crippen molar-refractivity contribution in [2.45, 2.75) is 24.8 Å². The normalized spacial score (nSPS) is 12.5. The van der Waals surface area contributed by atoms with Crippen molar-refractivity contribution in [3.05, 3.63) is 28.8 Å². The van der Waals surface area contributed by atoms with Crippen molar-refractivity contribution in [3.8, 4) is 0 Å². The summed E-state index contributed by atoms with van der Waals surface area (Å²) in [5.41, 5.74) is 0.128. The first kappa shape index (κ1) is 18.4. The van der Waals surface area contributed by atoms with Crippen LogP contribution in [0.4, 0.5) is 0 Å². The van der Waals surface area contributed by atoms with E-state index in [-0.39, 0.29) is 15.5 Å². The maximum atomic E-state index is 12.2. The van der Waals surface area contributed by atoms with Crippen LogP contribution in [0.2, 0.25) is 5.02 Å². The van der Waals surface area contributed by atoms with Crippen LogP contribution in [0, 0.1) is 0 Å². The number of sulfonamides is 1. The van der Waals surface area contributed by atoms with E-state index in [2.05, 4.69) is 14.8 Å². The molecule has 0 aromatic heterocycles. The molecule has 1 amide bonds. The molecule has 22 heavy (non-hydrogen) atoms. The van der Waals surface area contributed by atoms with Crippen LogP contribution in [0.5, 0.6) is 0 Å². The first-order chi connectivity index (χ1) is 10.2. The SMILES string of the molecule is CCNC(=O)[C@H](C)NS(=O)(=O)c1ccc(C(=O)OC)cc1Cl. The summed E-state index contributed by atoms with van der Waals surface area (Å²) in [5.74, 6) is -1.08. The average molecular weight is 349 g/mol. The third-order valence-electron chi connectivity index (χ3n) is 2.72. The van der Waals surface area contributed by atoms with Gasteiger partial charge in [-0.05, 0) is 32.0 Å². The van der Waals surface area contributed by atoms with Crippen LogP contribution in [0.1, 0.15) is 24.2 Å². The van der Waals surface area contributed by atoms with Crippen molar-refractivity contribution < 1.29 is 22.7 Å². The van der Waals surface area contributed by atoms with Gasteiger partial charge in [-0.15, -0.1) is 0 Å². The van der Waals surface area contributed by atoms with Crippen LogP contribution in [0.25, 0.3) is 0 Å². The standard InChI is InChI=1S/C13H17ClN2O5S/c1-4-15-12(17)8(2)16-22(19,20)11-6-5-9(7-10(11)14)13(18)21-3/h5-8,16H,4H2,1-3H3,(H,15,17)/t8-/m0/s1. The topological polar surface area (TPSA) is 102 Å². The molecule has 7 nitrogen and oxygen atoms in total. The van der Waals surface area contributed by atoms with Gasteiger partial charge in [-0.2, -0.15) is 4.72 Å². The van der Waals surface area contributed by atoms with Gasteiger partial charge in [-0.25, -0.2) is 13.2 Å². The number of esters is 1. The van der Waals surface area contributed by atoms with Crippen molar-refractivity contribution in [2.75, 3.05) is 13.7 Å². The lowest BCUT2D eigenvalue weighted by Crippen LogP contribution is -2.44. The number of rotatable bonds is 6. The Morgan fingerprint density at radius 1 is 1.36 bits per heavy atom. The first-order valence-corrected chi connectivity index (χ1v) is 8.27. The fourth-order valence-corrected chi connectivity index (χ4v) is 3.39. The Morgan fingerprint density at radius 2 is 2.00 bits per heavy atom. The zero-order chi connectivity index (χ0) is 16.9. The van der Waals surface area contributed by atoms with E-state index in [1.165, 1.54) is 32.2 Å². The minimum absolute atomic E-state index is 0.128. The second kappa shape index (κ2) is 7.57. The van der Waals surface area contributed by atoms with E-state index < -0.39 is 27.9 Å². The number of hydrogen-bond acceptors (Lipinski definition) is 5. The quantitative estimate of drug-likeness (QED) is 0.745. The fourth-order valence-electron chi connectivity index (χ4n) is 1.64. The maximum absolute atomic E-state index is 12.2. The van der Waals surface area contributed by atoms with Gasteiger partial charge in [0.1, 0.15) is 4.90 Å². The highest BCUT2D eigenvalue weighted by Gasteiger charge is 2.24. The van der Waals surface area contributed by atoms with Crippen LogP contribution in [0.3, 0.4) is 0 Å². The lowest BCUT2D eigenvalue weighted by Gasteiger charge is -2.14. The monoisotopic (exact) mass is 348 g/mol. The van der Waals surface area contributed by atoms with Gasteiger partial charge >= 0.3 is 5.97 Å². The van der Waals surface area contributed by atoms with Gasteiger partial charge in [0.25, 0.3) is 0 Å². The number of carbonyl (C=O) groups is 2. The first-order valence-electron chi connectivity index (χ1n) is 6.40. The van der Waals surface area contributed by atoms with E-state index in [1.807, 2.05) is 0 Å². The van der Waals surface area contributed by atoms with Crippen molar-refractivity contribution in [2.24, 2.45) is 0 Å². The van der Waals surface area contributed by atoms with E-state index in [0.29, 0.717) is 6.54 Å². The minimum Gasteiger partial charge on any atom is -0.465 e. The number of carbonyl (C=O) groups excluding carboxylic acids is 2. The number of nitrogens with one attached hydrogen (secondary N) is 2. The van der Waals surface area contributed by atoms with E-state index in [1.54, 1.807) is 6.92 Å². The third kappa shape index (κ3) is 4.43. The second-order valence-electron chi connectivity index (χ2n) is 4.37. The van der Waals surface area contributed by atoms with E-state index in [4.69, 9.17) is 11.6 Å². The van der Waals surface area contributed by atoms with Crippen LogP contribution < -0.4 is 10.0 Å². The Hall–Kier alpha value is -1.64. The Kier molecular flexibility index (Phi) is 6.34. The minimum atomic E-state index is -4.00. The van der Waals surface area contributed by atoms with Crippen molar-refractivity contribution >= 4 is 33.5 Å². The second-order valence-corrected chi connectivity index (χ2v) is 6.46. The molecule has 9 heteroatoms. The molecule has 0 fully saturated rings. The molecule has 0 saturated carbocycles. The summed E-state index contributed by atoms with van der Waals surface area (Å²) in [5, 5.41) is 2.37. The Labute approximate surface area is 134 Å². The van der Waals surface area contributed by atoms with Crippen LogP contribution in [-0.2, 0) is 19.6 Å². The largest absolute Gasteiger partial charge is 0.465 e. The number of hydrogen-bond donors (Lipinski definition) is 2. The molecule has 0 bridgehead atoms. The Bertz CT molecular complexity index is 675. The van der Waals surface area contributed by atoms with Gasteiger partial charge in [0.05, 0.1) is 23.7 Å². The zero-order valence-electron chi connectivity index (χ0n) is 12.3. The molecule has 1 aromatic carbocycles. The molecule has 0 aliphatic carbocycles. The molecule has 1 atom stereocenters. The molecule has 0 aliphatic heterocycles. The number of halogens is 1. The van der Waals surface area contributed by atoms with Crippen molar-refractivity contribution in [1.82, 2.24) is 10.0 Å². The number of likely N-dealkylation sites (N-methyl/N-ethyl adjacent to an activating group) is 1. The van der Waals surface area contributed by atoms with Gasteiger partial charge < -0.3 is 10.1 Å². The molecular weight excluding hydrogens is 332 g/mol. The van der Waals surface area contributed by atoms with Gasteiger partial charge in [0.15, 0.2) is 0 Å². The number of amides is 1. The molecule has 0 saturated heterocycles. The van der Waals surface area contributed by atoms with Crippen LogP contribution in [0.15, 0.2) is 23.1 Å². The Balaban J connectivity index is 3.03. The van der Waals surface area contributed by atoms with E-state index >= 15 is 0 Å². The fraction of sp³-hybridized carbons (Fsp3) is 0.385. The predicted molar refractivity (Wildman–Crippen MR) is 81.3 cm³/mol. The highest BCUT2D eigenvalue weighted by atomic mass is 35.5. The smallest absolute Gasteiger partial charge is 0.337 e. The molecule has 0 heterocycles. The van der Waals surface area contributed by atoms with Crippen molar-refractivity contribution in [3.63, 3.8) is 0 Å². The highest BCUT2D eigenvalue weighted by molar-refractivity contribution is 7.89. The molecule has 1 rings (SSSR count). The van der Waals surface area contributed by atoms with E-state index in [0.717, 1.165) is 0 Å². The molecule has 0 spiro atoms. The lowest BCUT2D eigenvalue weighted by atomic mass is 10.2. The van der Waals surface area contributed by atoms with Gasteiger partial charge in [0, 0.05) is 6.54 Å². The summed E-state index contributed by atoms with van der Waals surface area (Å²) in [4.78, 5) is 22.7. The molecule has 0 aliphatic rings. The summed E-state index contributed by atoms with van der Waals surface area (Å²) in [7, 11) is -2.79. The average Bonchev–Trinajstić information content (AvgIpc) is 2.45. The van der Waals surface area contributed by atoms with Gasteiger partial charge in [0.2, 0.25) is 15.9 Å². The summed E-state index contributed by atoms with van der Waals surface area (Å²) in [6.07, 6.45) is 0. The Morgan fingerprint density at radius 3 is 2.50 bits per heavy atom. The highest BCUT2D eigenvalue weighted by Crippen LogP contribution is 2.23. The summed E-state index contributed by atoms with van der Waals surface area (Å²) < 4.78 is 31.2. The van der Waals surface area contributed by atoms with Gasteiger partial charge in [-0.1, -0.05) is 11.6 Å². The van der Waals surface area contributed by atoms with E-state index in [9.17, 15) is 18.0 Å². The molecule has 1 aromatic rings. The molecule has 0 unspecified atom stereocenters. The lowest BCUT2D eigenvalue weighted by molar-refractivity contribution is -0.122. The summed E-state index contributed by atoms with van der Waals surface area (Å²) in [6, 6.07) is 2.70. The number of ether oxygens (including phenoxy) is 1. The zero-order valence-corrected chi connectivity index (χ0v) is 13.9. The van der Waals surface area contributed by atoms with Crippen LogP contribution >= 0.6 is 11.6 Å². The molecule has 0 radical (unpaired) electrons. The van der Waals surface area contributed by atoms with Crippen molar-refractivity contribution in [1.29, 1.82) is 0 Å². The summed E-state index contributed by atoms with van der Waals surface area (Å²) >= 11 is 5.91. The molecular formula is C13H17ClN2O5S. The third-order valence-corrected chi connectivity index (χ3v) is 4.74. The summed E-state index contributed by atoms with van der Waals surface area (Å²) in [6.45, 7) is 3.53. The van der Waals surface area contributed by atoms with Crippen LogP contribution in [-0.4, -0.2) is 40.0 Å². The predicted octanol–water partition coefficient (Wildman–Crippen LogP) is 0.929. The number of methoxy groups -OCH3 is 1. The molecule has 2 N–H and O–H groups in total. The maximum Gasteiger partial charge on any atom is 0.337 e. The molecule has 122 valence electrons.